The Hall–Kier alpha value is -0.610. The van der Waals surface area contributed by atoms with Gasteiger partial charge in [0.15, 0.2) is 0 Å². The van der Waals surface area contributed by atoms with Crippen LogP contribution in [0.5, 0.6) is 0 Å². The summed E-state index contributed by atoms with van der Waals surface area (Å²) in [5.74, 6) is 1.22. The van der Waals surface area contributed by atoms with E-state index in [0.29, 0.717) is 5.92 Å². The van der Waals surface area contributed by atoms with Gasteiger partial charge in [-0.1, -0.05) is 6.92 Å². The minimum Gasteiger partial charge on any atom is -0.368 e. The number of carbonyl (C=O) groups is 1. The van der Waals surface area contributed by atoms with Crippen molar-refractivity contribution in [2.24, 2.45) is 17.6 Å². The molecule has 0 aliphatic heterocycles. The smallest absolute Gasteiger partial charge is 0.239 e. The van der Waals surface area contributed by atoms with Gasteiger partial charge in [-0.25, -0.2) is 0 Å². The molecule has 4 heteroatoms. The molecule has 0 aromatic heterocycles. The summed E-state index contributed by atoms with van der Waals surface area (Å²) in [4.78, 5) is 14.8. The third-order valence-electron chi connectivity index (χ3n) is 5.11. The molecule has 3 aliphatic rings. The van der Waals surface area contributed by atoms with Gasteiger partial charge in [-0.05, 0) is 63.3 Å². The third kappa shape index (κ3) is 3.17. The summed E-state index contributed by atoms with van der Waals surface area (Å²) in [7, 11) is 0. The van der Waals surface area contributed by atoms with Crippen LogP contribution >= 0.6 is 0 Å². The van der Waals surface area contributed by atoms with Crippen LogP contribution in [0.15, 0.2) is 0 Å². The van der Waals surface area contributed by atoms with Gasteiger partial charge >= 0.3 is 0 Å². The van der Waals surface area contributed by atoms with Crippen LogP contribution in [0, 0.1) is 11.8 Å². The molecule has 3 saturated carbocycles. The quantitative estimate of drug-likeness (QED) is 0.637. The number of nitrogens with two attached hydrogens (primary N) is 1. The molecular weight excluding hydrogens is 250 g/mol. The Balaban J connectivity index is 1.70. The third-order valence-corrected chi connectivity index (χ3v) is 5.11. The molecule has 1 atom stereocenters. The number of rotatable bonds is 10. The molecule has 3 fully saturated rings. The van der Waals surface area contributed by atoms with Crippen LogP contribution < -0.4 is 11.1 Å². The Morgan fingerprint density at radius 3 is 2.40 bits per heavy atom. The van der Waals surface area contributed by atoms with E-state index < -0.39 is 5.54 Å². The van der Waals surface area contributed by atoms with Crippen LogP contribution in [0.3, 0.4) is 0 Å². The summed E-state index contributed by atoms with van der Waals surface area (Å²) in [6.45, 7) is 5.06. The van der Waals surface area contributed by atoms with Crippen molar-refractivity contribution in [2.45, 2.75) is 63.5 Å². The molecule has 20 heavy (non-hydrogen) atoms. The summed E-state index contributed by atoms with van der Waals surface area (Å²) in [5.41, 5.74) is 5.38. The van der Waals surface area contributed by atoms with Crippen LogP contribution in [0.2, 0.25) is 0 Å². The van der Waals surface area contributed by atoms with Gasteiger partial charge in [0, 0.05) is 19.1 Å². The molecule has 1 unspecified atom stereocenters. The molecule has 1 amide bonds. The minimum atomic E-state index is -0.465. The van der Waals surface area contributed by atoms with Crippen molar-refractivity contribution in [3.8, 4) is 0 Å². The number of amides is 1. The van der Waals surface area contributed by atoms with Gasteiger partial charge < -0.3 is 11.1 Å². The lowest BCUT2D eigenvalue weighted by molar-refractivity contribution is -0.126. The highest BCUT2D eigenvalue weighted by Crippen LogP contribution is 2.42. The maximum Gasteiger partial charge on any atom is 0.239 e. The Bertz CT molecular complexity index is 361. The van der Waals surface area contributed by atoms with Crippen LogP contribution in [-0.4, -0.2) is 42.0 Å². The lowest BCUT2D eigenvalue weighted by Crippen LogP contribution is -2.63. The molecule has 0 radical (unpaired) electrons. The van der Waals surface area contributed by atoms with Gasteiger partial charge in [0.05, 0.1) is 0 Å². The monoisotopic (exact) mass is 279 g/mol. The normalized spacial score (nSPS) is 25.7. The first-order valence-electron chi connectivity index (χ1n) is 8.44. The summed E-state index contributed by atoms with van der Waals surface area (Å²) in [6.07, 6.45) is 8.72. The second-order valence-electron chi connectivity index (χ2n) is 7.14. The van der Waals surface area contributed by atoms with E-state index in [0.717, 1.165) is 44.3 Å². The lowest BCUT2D eigenvalue weighted by Gasteiger charge is -2.37. The number of primary amides is 1. The molecule has 3 aliphatic carbocycles. The first-order valence-corrected chi connectivity index (χ1v) is 8.44. The largest absolute Gasteiger partial charge is 0.368 e. The second kappa shape index (κ2) is 5.64. The van der Waals surface area contributed by atoms with Gasteiger partial charge in [0.2, 0.25) is 5.91 Å². The fourth-order valence-corrected chi connectivity index (χ4v) is 3.35. The SMILES string of the molecule is CCCNC(CN(CC1CC1)C1CC1)(C(N)=O)C1CC1. The van der Waals surface area contributed by atoms with E-state index in [4.69, 9.17) is 5.73 Å². The van der Waals surface area contributed by atoms with Gasteiger partial charge in [0.1, 0.15) is 5.54 Å². The topological polar surface area (TPSA) is 58.4 Å². The number of hydrogen-bond donors (Lipinski definition) is 2. The highest BCUT2D eigenvalue weighted by molar-refractivity contribution is 5.86. The van der Waals surface area contributed by atoms with E-state index in [2.05, 4.69) is 17.1 Å². The average molecular weight is 279 g/mol. The molecular formula is C16H29N3O. The van der Waals surface area contributed by atoms with Gasteiger partial charge in [0.25, 0.3) is 0 Å². The Morgan fingerprint density at radius 2 is 1.95 bits per heavy atom. The summed E-state index contributed by atoms with van der Waals surface area (Å²) >= 11 is 0. The fourth-order valence-electron chi connectivity index (χ4n) is 3.35. The van der Waals surface area contributed by atoms with Crippen LogP contribution in [0.1, 0.15) is 51.9 Å². The van der Waals surface area contributed by atoms with Crippen molar-refractivity contribution in [1.29, 1.82) is 0 Å². The predicted octanol–water partition coefficient (Wildman–Crippen LogP) is 1.49. The minimum absolute atomic E-state index is 0.130. The molecule has 0 aromatic carbocycles. The number of nitrogens with one attached hydrogen (secondary N) is 1. The lowest BCUT2D eigenvalue weighted by atomic mass is 9.90. The maximum absolute atomic E-state index is 12.2. The van der Waals surface area contributed by atoms with E-state index >= 15 is 0 Å². The summed E-state index contributed by atoms with van der Waals surface area (Å²) < 4.78 is 0. The van der Waals surface area contributed by atoms with Crippen molar-refractivity contribution >= 4 is 5.91 Å². The predicted molar refractivity (Wildman–Crippen MR) is 80.3 cm³/mol. The van der Waals surface area contributed by atoms with Crippen molar-refractivity contribution in [3.63, 3.8) is 0 Å². The average Bonchev–Trinajstić information content (AvgIpc) is 3.29. The molecule has 4 nitrogen and oxygen atoms in total. The van der Waals surface area contributed by atoms with E-state index in [1.54, 1.807) is 0 Å². The van der Waals surface area contributed by atoms with E-state index in [1.165, 1.54) is 32.2 Å². The number of carbonyl (C=O) groups excluding carboxylic acids is 1. The molecule has 0 saturated heterocycles. The number of hydrogen-bond acceptors (Lipinski definition) is 3. The van der Waals surface area contributed by atoms with Crippen LogP contribution in [0.25, 0.3) is 0 Å². The highest BCUT2D eigenvalue weighted by Gasteiger charge is 2.51. The zero-order valence-corrected chi connectivity index (χ0v) is 12.7. The molecule has 114 valence electrons. The number of nitrogens with zero attached hydrogens (tertiary/aromatic N) is 1. The highest BCUT2D eigenvalue weighted by atomic mass is 16.1. The van der Waals surface area contributed by atoms with Gasteiger partial charge in [-0.15, -0.1) is 0 Å². The van der Waals surface area contributed by atoms with E-state index in [1.807, 2.05) is 0 Å². The zero-order chi connectivity index (χ0) is 14.2. The summed E-state index contributed by atoms with van der Waals surface area (Å²) in [6, 6.07) is 0.719. The molecule has 0 spiro atoms. The second-order valence-corrected chi connectivity index (χ2v) is 7.14. The maximum atomic E-state index is 12.2. The first-order chi connectivity index (χ1) is 9.65. The molecule has 0 bridgehead atoms. The van der Waals surface area contributed by atoms with E-state index in [-0.39, 0.29) is 5.91 Å². The Kier molecular flexibility index (Phi) is 4.04. The van der Waals surface area contributed by atoms with Crippen LogP contribution in [0.4, 0.5) is 0 Å². The van der Waals surface area contributed by atoms with Crippen molar-refractivity contribution in [2.75, 3.05) is 19.6 Å². The van der Waals surface area contributed by atoms with Crippen molar-refractivity contribution in [1.82, 2.24) is 10.2 Å². The van der Waals surface area contributed by atoms with E-state index in [9.17, 15) is 4.79 Å². The molecule has 3 N–H and O–H groups in total. The standard InChI is InChI=1S/C16H29N3O/c1-2-9-18-16(15(17)20,13-5-6-13)11-19(14-7-8-14)10-12-3-4-12/h12-14,18H,2-11H2,1H3,(H2,17,20). The molecule has 0 heterocycles. The Morgan fingerprint density at radius 1 is 1.25 bits per heavy atom. The fraction of sp³-hybridized carbons (Fsp3) is 0.938. The Labute approximate surface area is 122 Å². The van der Waals surface area contributed by atoms with Gasteiger partial charge in [-0.2, -0.15) is 0 Å². The summed E-state index contributed by atoms with van der Waals surface area (Å²) in [5, 5.41) is 3.53. The van der Waals surface area contributed by atoms with Crippen LogP contribution in [-0.2, 0) is 4.79 Å². The van der Waals surface area contributed by atoms with Gasteiger partial charge in [-0.3, -0.25) is 9.69 Å². The molecule has 0 aromatic rings. The van der Waals surface area contributed by atoms with Crippen molar-refractivity contribution in [3.05, 3.63) is 0 Å². The molecule has 3 rings (SSSR count). The zero-order valence-electron chi connectivity index (χ0n) is 12.7. The van der Waals surface area contributed by atoms with Crippen molar-refractivity contribution < 1.29 is 4.79 Å². The first kappa shape index (κ1) is 14.3.